The Morgan fingerprint density at radius 2 is 2.50 bits per heavy atom. The quantitative estimate of drug-likeness (QED) is 0.579. The third-order valence-corrected chi connectivity index (χ3v) is 2.36. The summed E-state index contributed by atoms with van der Waals surface area (Å²) in [5.41, 5.74) is 0. The second-order valence-corrected chi connectivity index (χ2v) is 3.20. The van der Waals surface area contributed by atoms with E-state index < -0.39 is 0 Å². The Morgan fingerprint density at radius 1 is 1.64 bits per heavy atom. The molecule has 0 radical (unpaired) electrons. The van der Waals surface area contributed by atoms with Gasteiger partial charge in [-0.25, -0.2) is 5.10 Å². The number of tetrazole rings is 1. The standard InChI is InChI=1S/C7H11N5O2/c1-14-7(13)5-2-4(3-8-5)6-9-11-12-10-6/h4-5,8H,2-3H2,1H3,(H,9,10,11,12)/t4-,5+/m0/s1. The summed E-state index contributed by atoms with van der Waals surface area (Å²) in [5.74, 6) is 0.637. The minimum absolute atomic E-state index is 0.161. The van der Waals surface area contributed by atoms with Crippen molar-refractivity contribution in [1.29, 1.82) is 0 Å². The number of hydrogen-bond acceptors (Lipinski definition) is 6. The topological polar surface area (TPSA) is 92.8 Å². The van der Waals surface area contributed by atoms with Gasteiger partial charge < -0.3 is 10.1 Å². The van der Waals surface area contributed by atoms with Crippen LogP contribution in [0, 0.1) is 0 Å². The molecule has 7 nitrogen and oxygen atoms in total. The number of nitrogens with one attached hydrogen (secondary N) is 2. The van der Waals surface area contributed by atoms with Gasteiger partial charge in [0.05, 0.1) is 7.11 Å². The van der Waals surface area contributed by atoms with Crippen LogP contribution in [0.3, 0.4) is 0 Å². The molecule has 1 aromatic heterocycles. The average molecular weight is 197 g/mol. The van der Waals surface area contributed by atoms with Crippen LogP contribution in [0.4, 0.5) is 0 Å². The molecule has 1 saturated heterocycles. The van der Waals surface area contributed by atoms with Crippen LogP contribution < -0.4 is 5.32 Å². The van der Waals surface area contributed by atoms with E-state index in [1.807, 2.05) is 0 Å². The molecule has 1 aliphatic rings. The number of ether oxygens (including phenoxy) is 1. The number of carbonyl (C=O) groups excluding carboxylic acids is 1. The molecule has 1 aromatic rings. The number of nitrogens with zero attached hydrogens (tertiary/aromatic N) is 3. The van der Waals surface area contributed by atoms with Gasteiger partial charge in [0, 0.05) is 12.5 Å². The van der Waals surface area contributed by atoms with Gasteiger partial charge in [0.25, 0.3) is 0 Å². The Morgan fingerprint density at radius 3 is 3.14 bits per heavy atom. The lowest BCUT2D eigenvalue weighted by atomic mass is 10.1. The third-order valence-electron chi connectivity index (χ3n) is 2.36. The molecule has 0 aliphatic carbocycles. The Hall–Kier alpha value is -1.50. The van der Waals surface area contributed by atoms with E-state index in [1.165, 1.54) is 7.11 Å². The monoisotopic (exact) mass is 197 g/mol. The van der Waals surface area contributed by atoms with Crippen molar-refractivity contribution in [3.63, 3.8) is 0 Å². The van der Waals surface area contributed by atoms with Gasteiger partial charge >= 0.3 is 5.97 Å². The van der Waals surface area contributed by atoms with Crippen LogP contribution in [0.5, 0.6) is 0 Å². The lowest BCUT2D eigenvalue weighted by Gasteiger charge is -2.05. The molecule has 0 amide bonds. The zero-order valence-electron chi connectivity index (χ0n) is 7.73. The zero-order valence-corrected chi connectivity index (χ0v) is 7.73. The highest BCUT2D eigenvalue weighted by molar-refractivity contribution is 5.76. The fraction of sp³-hybridized carbons (Fsp3) is 0.714. The van der Waals surface area contributed by atoms with Crippen LogP contribution in [0.1, 0.15) is 18.2 Å². The van der Waals surface area contributed by atoms with Gasteiger partial charge in [-0.1, -0.05) is 0 Å². The van der Waals surface area contributed by atoms with E-state index in [0.717, 1.165) is 0 Å². The zero-order chi connectivity index (χ0) is 9.97. The molecule has 2 N–H and O–H groups in total. The lowest BCUT2D eigenvalue weighted by Crippen LogP contribution is -2.31. The number of carbonyl (C=O) groups is 1. The van der Waals surface area contributed by atoms with Gasteiger partial charge in [0.2, 0.25) is 0 Å². The molecular formula is C7H11N5O2. The van der Waals surface area contributed by atoms with Gasteiger partial charge in [-0.15, -0.1) is 5.10 Å². The van der Waals surface area contributed by atoms with Crippen molar-refractivity contribution in [3.05, 3.63) is 5.82 Å². The van der Waals surface area contributed by atoms with Crippen LogP contribution in [-0.4, -0.2) is 46.3 Å². The number of methoxy groups -OCH3 is 1. The Bertz CT molecular complexity index is 312. The van der Waals surface area contributed by atoms with Crippen LogP contribution in [0.15, 0.2) is 0 Å². The van der Waals surface area contributed by atoms with E-state index in [4.69, 9.17) is 0 Å². The van der Waals surface area contributed by atoms with Crippen LogP contribution in [0.2, 0.25) is 0 Å². The maximum absolute atomic E-state index is 11.2. The van der Waals surface area contributed by atoms with E-state index in [-0.39, 0.29) is 17.9 Å². The van der Waals surface area contributed by atoms with Gasteiger partial charge in [-0.3, -0.25) is 4.79 Å². The van der Waals surface area contributed by atoms with Crippen LogP contribution in [-0.2, 0) is 9.53 Å². The number of hydrogen-bond donors (Lipinski definition) is 2. The second-order valence-electron chi connectivity index (χ2n) is 3.20. The number of aromatic nitrogens is 4. The molecule has 2 rings (SSSR count). The average Bonchev–Trinajstić information content (AvgIpc) is 2.86. The fourth-order valence-electron chi connectivity index (χ4n) is 1.61. The van der Waals surface area contributed by atoms with Crippen LogP contribution >= 0.6 is 0 Å². The summed E-state index contributed by atoms with van der Waals surface area (Å²) in [5, 5.41) is 16.5. The smallest absolute Gasteiger partial charge is 0.322 e. The van der Waals surface area contributed by atoms with Crippen molar-refractivity contribution < 1.29 is 9.53 Å². The molecule has 76 valence electrons. The highest BCUT2D eigenvalue weighted by Gasteiger charge is 2.32. The first-order chi connectivity index (χ1) is 6.81. The molecular weight excluding hydrogens is 186 g/mol. The Kier molecular flexibility index (Phi) is 2.40. The maximum atomic E-state index is 11.2. The minimum atomic E-state index is -0.241. The van der Waals surface area contributed by atoms with Crippen molar-refractivity contribution in [2.24, 2.45) is 0 Å². The largest absolute Gasteiger partial charge is 0.468 e. The predicted octanol–water partition coefficient (Wildman–Crippen LogP) is -1.18. The van der Waals surface area contributed by atoms with Gasteiger partial charge in [-0.2, -0.15) is 0 Å². The van der Waals surface area contributed by atoms with E-state index in [2.05, 4.69) is 30.7 Å². The van der Waals surface area contributed by atoms with E-state index in [1.54, 1.807) is 0 Å². The molecule has 1 fully saturated rings. The molecule has 7 heteroatoms. The molecule has 2 heterocycles. The first-order valence-corrected chi connectivity index (χ1v) is 4.36. The molecule has 14 heavy (non-hydrogen) atoms. The highest BCUT2D eigenvalue weighted by atomic mass is 16.5. The number of aromatic amines is 1. The van der Waals surface area contributed by atoms with Crippen molar-refractivity contribution in [2.75, 3.05) is 13.7 Å². The maximum Gasteiger partial charge on any atom is 0.322 e. The van der Waals surface area contributed by atoms with Gasteiger partial charge in [0.1, 0.15) is 6.04 Å². The van der Waals surface area contributed by atoms with E-state index in [9.17, 15) is 4.79 Å². The van der Waals surface area contributed by atoms with Crippen molar-refractivity contribution >= 4 is 5.97 Å². The summed E-state index contributed by atoms with van der Waals surface area (Å²) in [6, 6.07) is -0.241. The molecule has 0 aromatic carbocycles. The summed E-state index contributed by atoms with van der Waals surface area (Å²) in [6.07, 6.45) is 0.670. The number of esters is 1. The summed E-state index contributed by atoms with van der Waals surface area (Å²) in [4.78, 5) is 11.2. The Balaban J connectivity index is 1.98. The van der Waals surface area contributed by atoms with Crippen molar-refractivity contribution in [2.45, 2.75) is 18.4 Å². The summed E-state index contributed by atoms with van der Waals surface area (Å²) < 4.78 is 4.64. The molecule has 0 unspecified atom stereocenters. The molecule has 0 saturated carbocycles. The predicted molar refractivity (Wildman–Crippen MR) is 45.3 cm³/mol. The fourth-order valence-corrected chi connectivity index (χ4v) is 1.61. The second kappa shape index (κ2) is 3.70. The molecule has 2 atom stereocenters. The normalized spacial score (nSPS) is 26.4. The van der Waals surface area contributed by atoms with Crippen molar-refractivity contribution in [3.8, 4) is 0 Å². The van der Waals surface area contributed by atoms with Gasteiger partial charge in [0.15, 0.2) is 5.82 Å². The number of H-pyrrole nitrogens is 1. The highest BCUT2D eigenvalue weighted by Crippen LogP contribution is 2.22. The summed E-state index contributed by atoms with van der Waals surface area (Å²) in [6.45, 7) is 0.691. The first-order valence-electron chi connectivity index (χ1n) is 4.36. The Labute approximate surface area is 80.2 Å². The summed E-state index contributed by atoms with van der Waals surface area (Å²) >= 11 is 0. The minimum Gasteiger partial charge on any atom is -0.468 e. The van der Waals surface area contributed by atoms with Crippen molar-refractivity contribution in [1.82, 2.24) is 25.9 Å². The number of rotatable bonds is 2. The van der Waals surface area contributed by atoms with E-state index in [0.29, 0.717) is 18.8 Å². The molecule has 0 bridgehead atoms. The van der Waals surface area contributed by atoms with Gasteiger partial charge in [-0.05, 0) is 16.8 Å². The SMILES string of the molecule is COC(=O)[C@H]1C[C@H](c2nnn[nH]2)CN1. The summed E-state index contributed by atoms with van der Waals surface area (Å²) in [7, 11) is 1.38. The first kappa shape index (κ1) is 9.07. The van der Waals surface area contributed by atoms with E-state index >= 15 is 0 Å². The molecule has 1 aliphatic heterocycles. The lowest BCUT2D eigenvalue weighted by molar-refractivity contribution is -0.142. The van der Waals surface area contributed by atoms with Crippen LogP contribution in [0.25, 0.3) is 0 Å². The molecule has 0 spiro atoms. The third kappa shape index (κ3) is 1.58.